The lowest BCUT2D eigenvalue weighted by Crippen LogP contribution is -2.33. The molecule has 1 aliphatic heterocycles. The molecule has 3 rings (SSSR count). The number of ether oxygens (including phenoxy) is 1. The second-order valence-electron chi connectivity index (χ2n) is 6.00. The van der Waals surface area contributed by atoms with E-state index < -0.39 is 10.0 Å². The molecule has 0 amide bonds. The van der Waals surface area contributed by atoms with Gasteiger partial charge in [-0.15, -0.1) is 0 Å². The Bertz CT molecular complexity index is 825. The maximum absolute atomic E-state index is 13.0. The van der Waals surface area contributed by atoms with Crippen LogP contribution in [0.1, 0.15) is 12.5 Å². The Hall–Kier alpha value is -2.12. The summed E-state index contributed by atoms with van der Waals surface area (Å²) in [5.41, 5.74) is 1.89. The van der Waals surface area contributed by atoms with Crippen molar-refractivity contribution in [3.05, 3.63) is 48.3 Å². The van der Waals surface area contributed by atoms with Gasteiger partial charge in [0, 0.05) is 32.5 Å². The van der Waals surface area contributed by atoms with E-state index in [0.717, 1.165) is 23.5 Å². The van der Waals surface area contributed by atoms with Gasteiger partial charge in [-0.05, 0) is 42.3 Å². The molecular weight excluding hydrogens is 338 g/mol. The van der Waals surface area contributed by atoms with Gasteiger partial charge in [0.05, 0.1) is 17.1 Å². The minimum atomic E-state index is -3.54. The van der Waals surface area contributed by atoms with Crippen LogP contribution in [0.25, 0.3) is 0 Å². The highest BCUT2D eigenvalue weighted by atomic mass is 32.2. The van der Waals surface area contributed by atoms with Crippen molar-refractivity contribution in [2.75, 3.05) is 38.2 Å². The first kappa shape index (κ1) is 17.7. The van der Waals surface area contributed by atoms with Crippen LogP contribution in [0.4, 0.5) is 5.69 Å². The fourth-order valence-electron chi connectivity index (χ4n) is 2.89. The van der Waals surface area contributed by atoms with Crippen molar-refractivity contribution in [3.63, 3.8) is 0 Å². The van der Waals surface area contributed by atoms with Gasteiger partial charge >= 0.3 is 0 Å². The SMILES string of the molecule is CCN(CCc1ccncc1)S(=O)(=O)c1ccc2c(c1)N(C)CCO2. The van der Waals surface area contributed by atoms with Crippen LogP contribution in [0.15, 0.2) is 47.6 Å². The Morgan fingerprint density at radius 1 is 1.24 bits per heavy atom. The zero-order valence-electron chi connectivity index (χ0n) is 14.6. The average molecular weight is 361 g/mol. The van der Waals surface area contributed by atoms with E-state index in [1.165, 1.54) is 4.31 Å². The third kappa shape index (κ3) is 3.77. The molecule has 1 aromatic heterocycles. The number of fused-ring (bicyclic) bond motifs is 1. The zero-order valence-corrected chi connectivity index (χ0v) is 15.4. The number of sulfonamides is 1. The quantitative estimate of drug-likeness (QED) is 0.789. The second kappa shape index (κ2) is 7.41. The molecule has 1 aliphatic rings. The number of hydrogen-bond donors (Lipinski definition) is 0. The highest BCUT2D eigenvalue weighted by molar-refractivity contribution is 7.89. The van der Waals surface area contributed by atoms with E-state index in [4.69, 9.17) is 4.74 Å². The van der Waals surface area contributed by atoms with Gasteiger partial charge in [-0.2, -0.15) is 4.31 Å². The fourth-order valence-corrected chi connectivity index (χ4v) is 4.36. The molecule has 0 saturated heterocycles. The molecule has 0 radical (unpaired) electrons. The predicted octanol–water partition coefficient (Wildman–Crippen LogP) is 2.16. The largest absolute Gasteiger partial charge is 0.490 e. The molecule has 0 aliphatic carbocycles. The van der Waals surface area contributed by atoms with Crippen LogP contribution in [0.2, 0.25) is 0 Å². The Labute approximate surface area is 149 Å². The number of nitrogens with zero attached hydrogens (tertiary/aromatic N) is 3. The number of rotatable bonds is 6. The van der Waals surface area contributed by atoms with Crippen LogP contribution in [0.3, 0.4) is 0 Å². The van der Waals surface area contributed by atoms with E-state index in [9.17, 15) is 8.42 Å². The van der Waals surface area contributed by atoms with Crippen molar-refractivity contribution in [2.45, 2.75) is 18.2 Å². The van der Waals surface area contributed by atoms with Crippen LogP contribution in [-0.4, -0.2) is 51.0 Å². The standard InChI is InChI=1S/C18H23N3O3S/c1-3-21(11-8-15-6-9-19-10-7-15)25(22,23)16-4-5-18-17(14-16)20(2)12-13-24-18/h4-7,9-10,14H,3,8,11-13H2,1-2H3. The molecule has 0 fully saturated rings. The van der Waals surface area contributed by atoms with E-state index in [1.54, 1.807) is 30.6 Å². The summed E-state index contributed by atoms with van der Waals surface area (Å²) in [6.45, 7) is 4.08. The molecule has 7 heteroatoms. The van der Waals surface area contributed by atoms with Crippen LogP contribution in [-0.2, 0) is 16.4 Å². The molecule has 0 N–H and O–H groups in total. The number of likely N-dealkylation sites (N-methyl/N-ethyl adjacent to an activating group) is 2. The Balaban J connectivity index is 1.82. The van der Waals surface area contributed by atoms with E-state index in [-0.39, 0.29) is 0 Å². The third-order valence-corrected chi connectivity index (χ3v) is 6.39. The Morgan fingerprint density at radius 2 is 2.00 bits per heavy atom. The summed E-state index contributed by atoms with van der Waals surface area (Å²) in [6.07, 6.45) is 4.10. The number of benzene rings is 1. The van der Waals surface area contributed by atoms with Crippen LogP contribution in [0, 0.1) is 0 Å². The molecular formula is C18H23N3O3S. The summed E-state index contributed by atoms with van der Waals surface area (Å²) in [5.74, 6) is 0.729. The second-order valence-corrected chi connectivity index (χ2v) is 7.94. The molecule has 0 spiro atoms. The smallest absolute Gasteiger partial charge is 0.243 e. The summed E-state index contributed by atoms with van der Waals surface area (Å²) in [5, 5.41) is 0. The molecule has 0 saturated carbocycles. The minimum absolute atomic E-state index is 0.306. The Kier molecular flexibility index (Phi) is 5.24. The highest BCUT2D eigenvalue weighted by Gasteiger charge is 2.25. The first-order valence-corrected chi connectivity index (χ1v) is 9.83. The first-order chi connectivity index (χ1) is 12.0. The summed E-state index contributed by atoms with van der Waals surface area (Å²) >= 11 is 0. The van der Waals surface area contributed by atoms with Gasteiger partial charge < -0.3 is 9.64 Å². The average Bonchev–Trinajstić information content (AvgIpc) is 2.63. The summed E-state index contributed by atoms with van der Waals surface area (Å²) in [4.78, 5) is 6.31. The highest BCUT2D eigenvalue weighted by Crippen LogP contribution is 2.33. The molecule has 1 aromatic carbocycles. The lowest BCUT2D eigenvalue weighted by atomic mass is 10.2. The maximum Gasteiger partial charge on any atom is 0.243 e. The number of hydrogen-bond acceptors (Lipinski definition) is 5. The molecule has 0 bridgehead atoms. The normalized spacial score (nSPS) is 14.3. The third-order valence-electron chi connectivity index (χ3n) is 4.42. The van der Waals surface area contributed by atoms with Gasteiger partial charge in [-0.1, -0.05) is 6.92 Å². The molecule has 0 atom stereocenters. The van der Waals surface area contributed by atoms with Gasteiger partial charge in [-0.25, -0.2) is 8.42 Å². The van der Waals surface area contributed by atoms with Gasteiger partial charge in [-0.3, -0.25) is 4.98 Å². The topological polar surface area (TPSA) is 62.7 Å². The summed E-state index contributed by atoms with van der Waals surface area (Å²) < 4.78 is 33.2. The van der Waals surface area contributed by atoms with Gasteiger partial charge in [0.1, 0.15) is 12.4 Å². The van der Waals surface area contributed by atoms with Crippen molar-refractivity contribution in [1.29, 1.82) is 0 Å². The van der Waals surface area contributed by atoms with Crippen molar-refractivity contribution in [3.8, 4) is 5.75 Å². The van der Waals surface area contributed by atoms with Gasteiger partial charge in [0.2, 0.25) is 10.0 Å². The van der Waals surface area contributed by atoms with E-state index in [0.29, 0.717) is 31.0 Å². The number of pyridine rings is 1. The number of aromatic nitrogens is 1. The minimum Gasteiger partial charge on any atom is -0.490 e. The monoisotopic (exact) mass is 361 g/mol. The lowest BCUT2D eigenvalue weighted by molar-refractivity contribution is 0.311. The van der Waals surface area contributed by atoms with E-state index in [1.807, 2.05) is 31.0 Å². The zero-order chi connectivity index (χ0) is 17.9. The van der Waals surface area contributed by atoms with Crippen molar-refractivity contribution >= 4 is 15.7 Å². The van der Waals surface area contributed by atoms with Crippen molar-refractivity contribution in [2.24, 2.45) is 0 Å². The Morgan fingerprint density at radius 3 is 2.72 bits per heavy atom. The van der Waals surface area contributed by atoms with Crippen LogP contribution in [0.5, 0.6) is 5.75 Å². The van der Waals surface area contributed by atoms with E-state index >= 15 is 0 Å². The molecule has 2 aromatic rings. The fraction of sp³-hybridized carbons (Fsp3) is 0.389. The first-order valence-electron chi connectivity index (χ1n) is 8.39. The summed E-state index contributed by atoms with van der Waals surface area (Å²) in [7, 11) is -1.60. The van der Waals surface area contributed by atoms with Gasteiger partial charge in [0.25, 0.3) is 0 Å². The summed E-state index contributed by atoms with van der Waals surface area (Å²) in [6, 6.07) is 8.90. The maximum atomic E-state index is 13.0. The van der Waals surface area contributed by atoms with Crippen molar-refractivity contribution < 1.29 is 13.2 Å². The van der Waals surface area contributed by atoms with Crippen molar-refractivity contribution in [1.82, 2.24) is 9.29 Å². The lowest BCUT2D eigenvalue weighted by Gasteiger charge is -2.28. The van der Waals surface area contributed by atoms with Crippen LogP contribution < -0.4 is 9.64 Å². The molecule has 0 unspecified atom stereocenters. The van der Waals surface area contributed by atoms with Gasteiger partial charge in [0.15, 0.2) is 0 Å². The van der Waals surface area contributed by atoms with Crippen LogP contribution >= 0.6 is 0 Å². The predicted molar refractivity (Wildman–Crippen MR) is 97.6 cm³/mol. The molecule has 6 nitrogen and oxygen atoms in total. The molecule has 25 heavy (non-hydrogen) atoms. The molecule has 134 valence electrons. The van der Waals surface area contributed by atoms with E-state index in [2.05, 4.69) is 4.98 Å². The number of anilines is 1. The molecule has 2 heterocycles.